The van der Waals surface area contributed by atoms with E-state index in [4.69, 9.17) is 17.0 Å². The maximum atomic E-state index is 5.98. The Kier molecular flexibility index (Phi) is 3.39. The first-order valence-corrected chi connectivity index (χ1v) is 7.60. The maximum absolute atomic E-state index is 5.98. The van der Waals surface area contributed by atoms with Crippen molar-refractivity contribution in [1.82, 2.24) is 4.98 Å². The highest BCUT2D eigenvalue weighted by molar-refractivity contribution is 7.71. The Bertz CT molecular complexity index is 529. The molecule has 0 saturated carbocycles. The molecule has 3 rings (SSSR count). The summed E-state index contributed by atoms with van der Waals surface area (Å²) >= 11 is 5.41. The Hall–Kier alpha value is -0.870. The zero-order valence-corrected chi connectivity index (χ0v) is 12.6. The van der Waals surface area contributed by atoms with Crippen molar-refractivity contribution in [2.45, 2.75) is 51.7 Å². The minimum atomic E-state index is -0.0741. The van der Waals surface area contributed by atoms with Crippen LogP contribution in [0.5, 0.6) is 0 Å². The van der Waals surface area contributed by atoms with Gasteiger partial charge in [0.25, 0.3) is 0 Å². The molecule has 4 heteroatoms. The minimum absolute atomic E-state index is 0.0741. The number of hydrogen-bond donors (Lipinski definition) is 1. The third kappa shape index (κ3) is 2.70. The summed E-state index contributed by atoms with van der Waals surface area (Å²) < 4.78 is 6.83. The maximum Gasteiger partial charge on any atom is 0.112 e. The molecule has 0 amide bonds. The summed E-state index contributed by atoms with van der Waals surface area (Å²) in [6, 6.07) is 2.11. The fraction of sp³-hybridized carbons (Fsp3) is 0.667. The van der Waals surface area contributed by atoms with Crippen molar-refractivity contribution in [3.8, 4) is 0 Å². The molecule has 1 saturated heterocycles. The highest BCUT2D eigenvalue weighted by atomic mass is 32.1. The number of hydrogen-bond acceptors (Lipinski definition) is 3. The van der Waals surface area contributed by atoms with E-state index in [0.29, 0.717) is 6.61 Å². The number of rotatable bonds is 1. The van der Waals surface area contributed by atoms with Crippen molar-refractivity contribution in [3.63, 3.8) is 0 Å². The SMILES string of the molecule is CC1(C)Cc2cc(=S)[nH]c(N3CCCCC3)c2CO1. The molecule has 1 N–H and O–H groups in total. The van der Waals surface area contributed by atoms with Gasteiger partial charge in [-0.3, -0.25) is 0 Å². The normalized spacial score (nSPS) is 22.1. The molecule has 2 aliphatic rings. The van der Waals surface area contributed by atoms with Gasteiger partial charge >= 0.3 is 0 Å². The first-order chi connectivity index (χ1) is 9.05. The summed E-state index contributed by atoms with van der Waals surface area (Å²) in [5.74, 6) is 1.21. The highest BCUT2D eigenvalue weighted by Crippen LogP contribution is 2.33. The van der Waals surface area contributed by atoms with Crippen LogP contribution in [-0.4, -0.2) is 23.7 Å². The van der Waals surface area contributed by atoms with Crippen molar-refractivity contribution in [1.29, 1.82) is 0 Å². The average Bonchev–Trinajstić information content (AvgIpc) is 2.37. The van der Waals surface area contributed by atoms with Gasteiger partial charge in [-0.1, -0.05) is 12.2 Å². The fourth-order valence-corrected chi connectivity index (χ4v) is 3.35. The molecule has 0 radical (unpaired) electrons. The van der Waals surface area contributed by atoms with Gasteiger partial charge in [-0.25, -0.2) is 0 Å². The Balaban J connectivity index is 2.01. The van der Waals surface area contributed by atoms with Gasteiger partial charge in [-0.05, 0) is 44.7 Å². The molecule has 3 heterocycles. The number of H-pyrrole nitrogens is 1. The third-order valence-corrected chi connectivity index (χ3v) is 4.34. The van der Waals surface area contributed by atoms with Crippen molar-refractivity contribution in [2.75, 3.05) is 18.0 Å². The summed E-state index contributed by atoms with van der Waals surface area (Å²) in [5, 5.41) is 0. The van der Waals surface area contributed by atoms with Gasteiger partial charge in [0.2, 0.25) is 0 Å². The molecule has 3 nitrogen and oxygen atoms in total. The molecule has 0 unspecified atom stereocenters. The second-order valence-corrected chi connectivity index (χ2v) is 6.70. The second-order valence-electron chi connectivity index (χ2n) is 6.26. The van der Waals surface area contributed by atoms with E-state index in [1.54, 1.807) is 0 Å². The van der Waals surface area contributed by atoms with E-state index in [1.807, 2.05) is 0 Å². The summed E-state index contributed by atoms with van der Waals surface area (Å²) in [6.45, 7) is 7.25. The fourth-order valence-electron chi connectivity index (χ4n) is 3.11. The van der Waals surface area contributed by atoms with Gasteiger partial charge in [-0.2, -0.15) is 0 Å². The van der Waals surface area contributed by atoms with Gasteiger partial charge in [0, 0.05) is 25.1 Å². The molecule has 1 aromatic heterocycles. The molecule has 0 bridgehead atoms. The molecule has 104 valence electrons. The van der Waals surface area contributed by atoms with Crippen LogP contribution in [0.3, 0.4) is 0 Å². The largest absolute Gasteiger partial charge is 0.370 e. The zero-order valence-electron chi connectivity index (χ0n) is 11.8. The molecule has 2 aliphatic heterocycles. The van der Waals surface area contributed by atoms with Crippen molar-refractivity contribution in [2.24, 2.45) is 0 Å². The summed E-state index contributed by atoms with van der Waals surface area (Å²) in [7, 11) is 0. The summed E-state index contributed by atoms with van der Waals surface area (Å²) in [5.41, 5.74) is 2.60. The number of pyridine rings is 1. The first kappa shape index (κ1) is 13.1. The molecular weight excluding hydrogens is 256 g/mol. The molecule has 0 spiro atoms. The summed E-state index contributed by atoms with van der Waals surface area (Å²) in [6.07, 6.45) is 4.84. The lowest BCUT2D eigenvalue weighted by Crippen LogP contribution is -2.36. The highest BCUT2D eigenvalue weighted by Gasteiger charge is 2.29. The van der Waals surface area contributed by atoms with E-state index >= 15 is 0 Å². The Morgan fingerprint density at radius 1 is 1.26 bits per heavy atom. The van der Waals surface area contributed by atoms with Crippen molar-refractivity contribution >= 4 is 18.0 Å². The van der Waals surface area contributed by atoms with E-state index in [-0.39, 0.29) is 5.60 Å². The predicted octanol–water partition coefficient (Wildman–Crippen LogP) is 3.59. The van der Waals surface area contributed by atoms with Crippen LogP contribution in [0.25, 0.3) is 0 Å². The monoisotopic (exact) mass is 278 g/mol. The number of aromatic amines is 1. The number of nitrogens with zero attached hydrogens (tertiary/aromatic N) is 1. The van der Waals surface area contributed by atoms with E-state index < -0.39 is 0 Å². The van der Waals surface area contributed by atoms with Gasteiger partial charge < -0.3 is 14.6 Å². The lowest BCUT2D eigenvalue weighted by Gasteiger charge is -2.36. The van der Waals surface area contributed by atoms with Crippen LogP contribution in [-0.2, 0) is 17.8 Å². The topological polar surface area (TPSA) is 28.3 Å². The Morgan fingerprint density at radius 3 is 2.74 bits per heavy atom. The van der Waals surface area contributed by atoms with E-state index in [2.05, 4.69) is 29.8 Å². The standard InChI is InChI=1S/C15H22N2OS/c1-15(2)9-11-8-13(19)16-14(12(11)10-18-15)17-6-4-3-5-7-17/h8H,3-7,9-10H2,1-2H3,(H,16,19). The van der Waals surface area contributed by atoms with Gasteiger partial charge in [-0.15, -0.1) is 0 Å². The summed E-state index contributed by atoms with van der Waals surface area (Å²) in [4.78, 5) is 5.84. The van der Waals surface area contributed by atoms with E-state index in [9.17, 15) is 0 Å². The molecular formula is C15H22N2OS. The quantitative estimate of drug-likeness (QED) is 0.796. The molecule has 0 aromatic carbocycles. The van der Waals surface area contributed by atoms with Crippen LogP contribution in [0.1, 0.15) is 44.2 Å². The number of nitrogens with one attached hydrogen (secondary N) is 1. The number of aromatic nitrogens is 1. The van der Waals surface area contributed by atoms with Crippen LogP contribution >= 0.6 is 12.2 Å². The average molecular weight is 278 g/mol. The van der Waals surface area contributed by atoms with Crippen LogP contribution in [0.15, 0.2) is 6.07 Å². The zero-order chi connectivity index (χ0) is 13.5. The second kappa shape index (κ2) is 4.91. The van der Waals surface area contributed by atoms with Crippen molar-refractivity contribution < 1.29 is 4.74 Å². The number of piperidine rings is 1. The lowest BCUT2D eigenvalue weighted by molar-refractivity contribution is -0.0400. The number of anilines is 1. The smallest absolute Gasteiger partial charge is 0.112 e. The van der Waals surface area contributed by atoms with Crippen molar-refractivity contribution in [3.05, 3.63) is 21.8 Å². The number of fused-ring (bicyclic) bond motifs is 1. The number of ether oxygens (including phenoxy) is 1. The predicted molar refractivity (Wildman–Crippen MR) is 80.3 cm³/mol. The Labute approximate surface area is 120 Å². The molecule has 19 heavy (non-hydrogen) atoms. The Morgan fingerprint density at radius 2 is 2.00 bits per heavy atom. The lowest BCUT2D eigenvalue weighted by atomic mass is 9.92. The van der Waals surface area contributed by atoms with Crippen LogP contribution in [0.4, 0.5) is 5.82 Å². The van der Waals surface area contributed by atoms with Gasteiger partial charge in [0.1, 0.15) is 10.5 Å². The first-order valence-electron chi connectivity index (χ1n) is 7.19. The van der Waals surface area contributed by atoms with Crippen LogP contribution in [0, 0.1) is 4.64 Å². The van der Waals surface area contributed by atoms with Gasteiger partial charge in [0.05, 0.1) is 12.2 Å². The molecule has 0 aliphatic carbocycles. The molecule has 1 fully saturated rings. The van der Waals surface area contributed by atoms with E-state index in [1.165, 1.54) is 36.2 Å². The van der Waals surface area contributed by atoms with Gasteiger partial charge in [0.15, 0.2) is 0 Å². The molecule has 1 aromatic rings. The minimum Gasteiger partial charge on any atom is -0.370 e. The van der Waals surface area contributed by atoms with Crippen LogP contribution in [0.2, 0.25) is 0 Å². The van der Waals surface area contributed by atoms with Crippen LogP contribution < -0.4 is 4.90 Å². The molecule has 0 atom stereocenters. The third-order valence-electron chi connectivity index (χ3n) is 4.12. The van der Waals surface area contributed by atoms with E-state index in [0.717, 1.165) is 24.2 Å².